The topological polar surface area (TPSA) is 95.6 Å². The maximum absolute atomic E-state index is 12.9. The molecule has 2 amide bonds. The first kappa shape index (κ1) is 26.0. The van der Waals surface area contributed by atoms with Gasteiger partial charge < -0.3 is 10.6 Å². The van der Waals surface area contributed by atoms with Crippen molar-refractivity contribution in [3.05, 3.63) is 95.1 Å². The van der Waals surface area contributed by atoms with Crippen molar-refractivity contribution >= 4 is 33.2 Å². The van der Waals surface area contributed by atoms with E-state index in [1.54, 1.807) is 48.5 Å². The fourth-order valence-electron chi connectivity index (χ4n) is 3.43. The molecule has 0 atom stereocenters. The van der Waals surface area contributed by atoms with Crippen LogP contribution in [0.25, 0.3) is 0 Å². The van der Waals surface area contributed by atoms with Crippen molar-refractivity contribution in [2.75, 3.05) is 15.9 Å². The van der Waals surface area contributed by atoms with Crippen molar-refractivity contribution in [3.63, 3.8) is 0 Å². The molecule has 0 aliphatic rings. The van der Waals surface area contributed by atoms with Gasteiger partial charge in [-0.05, 0) is 69.7 Å². The molecule has 184 valence electrons. The summed E-state index contributed by atoms with van der Waals surface area (Å²) in [5.41, 5.74) is 3.06. The van der Waals surface area contributed by atoms with Crippen LogP contribution >= 0.6 is 0 Å². The molecule has 0 radical (unpaired) electrons. The molecular weight excluding hydrogens is 462 g/mol. The minimum Gasteiger partial charge on any atom is -0.347 e. The predicted molar refractivity (Wildman–Crippen MR) is 140 cm³/mol. The molecule has 0 bridgehead atoms. The van der Waals surface area contributed by atoms with Crippen molar-refractivity contribution < 1.29 is 18.0 Å². The molecule has 2 N–H and O–H groups in total. The third kappa shape index (κ3) is 7.16. The Morgan fingerprint density at radius 2 is 1.46 bits per heavy atom. The predicted octanol–water partition coefficient (Wildman–Crippen LogP) is 4.74. The number of hydrogen-bond acceptors (Lipinski definition) is 4. The summed E-state index contributed by atoms with van der Waals surface area (Å²) in [6, 6.07) is 20.8. The summed E-state index contributed by atoms with van der Waals surface area (Å²) in [5.74, 6) is -0.694. The maximum atomic E-state index is 12.9. The zero-order valence-electron chi connectivity index (χ0n) is 20.6. The molecule has 0 aliphatic heterocycles. The van der Waals surface area contributed by atoms with Crippen LogP contribution in [0.3, 0.4) is 0 Å². The fourth-order valence-corrected chi connectivity index (χ4v) is 4.32. The fraction of sp³-hybridized carbons (Fsp3) is 0.259. The molecule has 0 spiro atoms. The highest BCUT2D eigenvalue weighted by atomic mass is 32.2. The van der Waals surface area contributed by atoms with Gasteiger partial charge in [0.15, 0.2) is 0 Å². The summed E-state index contributed by atoms with van der Waals surface area (Å²) in [7, 11) is -3.55. The Balaban J connectivity index is 1.80. The molecule has 0 heterocycles. The van der Waals surface area contributed by atoms with Crippen molar-refractivity contribution in [2.45, 2.75) is 39.8 Å². The lowest BCUT2D eigenvalue weighted by molar-refractivity contribution is 0.0920. The van der Waals surface area contributed by atoms with E-state index in [0.29, 0.717) is 22.5 Å². The summed E-state index contributed by atoms with van der Waals surface area (Å²) in [4.78, 5) is 25.6. The van der Waals surface area contributed by atoms with Crippen LogP contribution in [-0.4, -0.2) is 32.0 Å². The molecule has 0 aromatic heterocycles. The molecule has 3 rings (SSSR count). The van der Waals surface area contributed by atoms with E-state index in [0.717, 1.165) is 17.4 Å². The minimum absolute atomic E-state index is 0.181. The highest BCUT2D eigenvalue weighted by Gasteiger charge is 2.20. The molecule has 35 heavy (non-hydrogen) atoms. The number of sulfonamides is 1. The third-order valence-electron chi connectivity index (χ3n) is 5.17. The second-order valence-electron chi connectivity index (χ2n) is 9.51. The normalized spacial score (nSPS) is 11.6. The lowest BCUT2D eigenvalue weighted by atomic mass is 10.1. The SMILES string of the molecule is Cc1ccc(CN(c2ccc(C(=O)Nc3ccccc3C(=O)NC(C)(C)C)cc2)S(C)(=O)=O)cc1. The van der Waals surface area contributed by atoms with Gasteiger partial charge in [0.05, 0.1) is 29.7 Å². The van der Waals surface area contributed by atoms with E-state index in [9.17, 15) is 18.0 Å². The van der Waals surface area contributed by atoms with Crippen LogP contribution in [0, 0.1) is 6.92 Å². The number of nitrogens with zero attached hydrogens (tertiary/aromatic N) is 1. The van der Waals surface area contributed by atoms with Gasteiger partial charge in [0.2, 0.25) is 10.0 Å². The van der Waals surface area contributed by atoms with Crippen molar-refractivity contribution in [1.82, 2.24) is 5.32 Å². The van der Waals surface area contributed by atoms with Gasteiger partial charge in [0, 0.05) is 11.1 Å². The maximum Gasteiger partial charge on any atom is 0.255 e. The lowest BCUT2D eigenvalue weighted by Gasteiger charge is -2.23. The standard InChI is InChI=1S/C27H31N3O4S/c1-19-10-12-20(13-11-19)18-30(35(5,33)34)22-16-14-21(15-17-22)25(31)28-24-9-7-6-8-23(24)26(32)29-27(2,3)4/h6-17H,18H2,1-5H3,(H,28,31)(H,29,32). The number of aryl methyl sites for hydroxylation is 1. The Hall–Kier alpha value is -3.65. The number of anilines is 2. The second-order valence-corrected chi connectivity index (χ2v) is 11.4. The van der Waals surface area contributed by atoms with Crippen LogP contribution < -0.4 is 14.9 Å². The summed E-state index contributed by atoms with van der Waals surface area (Å²) in [6.07, 6.45) is 1.15. The van der Waals surface area contributed by atoms with Crippen LogP contribution in [0.5, 0.6) is 0 Å². The van der Waals surface area contributed by atoms with E-state index in [1.165, 1.54) is 4.31 Å². The highest BCUT2D eigenvalue weighted by Crippen LogP contribution is 2.23. The number of nitrogens with one attached hydrogen (secondary N) is 2. The first-order valence-corrected chi connectivity index (χ1v) is 13.0. The first-order valence-electron chi connectivity index (χ1n) is 11.2. The smallest absolute Gasteiger partial charge is 0.255 e. The van der Waals surface area contributed by atoms with Crippen molar-refractivity contribution in [2.24, 2.45) is 0 Å². The quantitative estimate of drug-likeness (QED) is 0.497. The number of carbonyl (C=O) groups excluding carboxylic acids is 2. The average Bonchev–Trinajstić information content (AvgIpc) is 2.77. The number of para-hydroxylation sites is 1. The zero-order chi connectivity index (χ0) is 25.8. The zero-order valence-corrected chi connectivity index (χ0v) is 21.4. The Morgan fingerprint density at radius 1 is 0.857 bits per heavy atom. The number of benzene rings is 3. The first-order chi connectivity index (χ1) is 16.3. The largest absolute Gasteiger partial charge is 0.347 e. The van der Waals surface area contributed by atoms with E-state index in [4.69, 9.17) is 0 Å². The Labute approximate surface area is 207 Å². The van der Waals surface area contributed by atoms with Gasteiger partial charge >= 0.3 is 0 Å². The number of amides is 2. The minimum atomic E-state index is -3.55. The Bertz CT molecular complexity index is 1310. The highest BCUT2D eigenvalue weighted by molar-refractivity contribution is 7.92. The van der Waals surface area contributed by atoms with Crippen LogP contribution in [0.1, 0.15) is 52.6 Å². The molecule has 8 heteroatoms. The van der Waals surface area contributed by atoms with Crippen LogP contribution in [0.2, 0.25) is 0 Å². The van der Waals surface area contributed by atoms with Crippen LogP contribution in [0.15, 0.2) is 72.8 Å². The molecule has 0 unspecified atom stereocenters. The van der Waals surface area contributed by atoms with Crippen LogP contribution in [0.4, 0.5) is 11.4 Å². The van der Waals surface area contributed by atoms with E-state index < -0.39 is 21.5 Å². The monoisotopic (exact) mass is 493 g/mol. The van der Waals surface area contributed by atoms with Gasteiger partial charge in [0.25, 0.3) is 11.8 Å². The third-order valence-corrected chi connectivity index (χ3v) is 6.31. The van der Waals surface area contributed by atoms with Gasteiger partial charge in [-0.1, -0.05) is 42.0 Å². The van der Waals surface area contributed by atoms with Gasteiger partial charge in [0.1, 0.15) is 0 Å². The molecule has 3 aromatic carbocycles. The van der Waals surface area contributed by atoms with Gasteiger partial charge in [-0.2, -0.15) is 0 Å². The summed E-state index contributed by atoms with van der Waals surface area (Å²) < 4.78 is 26.2. The summed E-state index contributed by atoms with van der Waals surface area (Å²) >= 11 is 0. The molecule has 7 nitrogen and oxygen atoms in total. The molecule has 3 aromatic rings. The Morgan fingerprint density at radius 3 is 2.03 bits per heavy atom. The number of carbonyl (C=O) groups is 2. The molecule has 0 saturated carbocycles. The van der Waals surface area contributed by atoms with Gasteiger partial charge in [-0.25, -0.2) is 8.42 Å². The van der Waals surface area contributed by atoms with E-state index in [1.807, 2.05) is 52.0 Å². The van der Waals surface area contributed by atoms with Crippen LogP contribution in [-0.2, 0) is 16.6 Å². The molecule has 0 saturated heterocycles. The number of rotatable bonds is 7. The van der Waals surface area contributed by atoms with E-state index in [-0.39, 0.29) is 12.5 Å². The van der Waals surface area contributed by atoms with E-state index in [2.05, 4.69) is 10.6 Å². The molecular formula is C27H31N3O4S. The van der Waals surface area contributed by atoms with Crippen molar-refractivity contribution in [1.29, 1.82) is 0 Å². The average molecular weight is 494 g/mol. The number of hydrogen-bond donors (Lipinski definition) is 2. The molecule has 0 fully saturated rings. The van der Waals surface area contributed by atoms with Gasteiger partial charge in [-0.15, -0.1) is 0 Å². The Kier molecular flexibility index (Phi) is 7.65. The summed E-state index contributed by atoms with van der Waals surface area (Å²) in [6.45, 7) is 7.79. The second kappa shape index (κ2) is 10.3. The lowest BCUT2D eigenvalue weighted by Crippen LogP contribution is -2.40. The van der Waals surface area contributed by atoms with E-state index >= 15 is 0 Å². The van der Waals surface area contributed by atoms with Gasteiger partial charge in [-0.3, -0.25) is 13.9 Å². The summed E-state index contributed by atoms with van der Waals surface area (Å²) in [5, 5.41) is 5.68. The van der Waals surface area contributed by atoms with Crippen molar-refractivity contribution in [3.8, 4) is 0 Å². The molecule has 0 aliphatic carbocycles.